The molecule has 0 spiro atoms. The summed E-state index contributed by atoms with van der Waals surface area (Å²) in [4.78, 5) is 12.2. The molecule has 0 radical (unpaired) electrons. The van der Waals surface area contributed by atoms with E-state index in [0.29, 0.717) is 17.4 Å². The predicted molar refractivity (Wildman–Crippen MR) is 63.6 cm³/mol. The zero-order chi connectivity index (χ0) is 12.3. The van der Waals surface area contributed by atoms with Crippen LogP contribution in [0.25, 0.3) is 0 Å². The van der Waals surface area contributed by atoms with Crippen LogP contribution in [0.5, 0.6) is 11.6 Å². The molecule has 0 saturated heterocycles. The van der Waals surface area contributed by atoms with Gasteiger partial charge in [0.05, 0.1) is 11.8 Å². The van der Waals surface area contributed by atoms with Gasteiger partial charge in [-0.3, -0.25) is 4.98 Å². The van der Waals surface area contributed by atoms with Gasteiger partial charge in [0.15, 0.2) is 0 Å². The number of anilines is 1. The molecule has 0 fully saturated rings. The fourth-order valence-corrected chi connectivity index (χ4v) is 1.31. The van der Waals surface area contributed by atoms with Gasteiger partial charge >= 0.3 is 0 Å². The van der Waals surface area contributed by atoms with Crippen molar-refractivity contribution < 1.29 is 4.74 Å². The first kappa shape index (κ1) is 11.3. The number of rotatable bonds is 3. The van der Waals surface area contributed by atoms with E-state index in [9.17, 15) is 0 Å². The summed E-state index contributed by atoms with van der Waals surface area (Å²) in [5.41, 5.74) is 4.16. The second-order valence-corrected chi connectivity index (χ2v) is 3.53. The average Bonchev–Trinajstić information content (AvgIpc) is 2.35. The van der Waals surface area contributed by atoms with Crippen molar-refractivity contribution in [1.29, 1.82) is 0 Å². The molecule has 0 saturated carbocycles. The van der Waals surface area contributed by atoms with Gasteiger partial charge in [0, 0.05) is 5.69 Å². The SMILES string of the molecule is Cc1ccc(Oc2ncnc(NN)c2C)cn1. The van der Waals surface area contributed by atoms with Crippen LogP contribution < -0.4 is 16.0 Å². The van der Waals surface area contributed by atoms with Crippen molar-refractivity contribution >= 4 is 5.82 Å². The molecule has 2 aromatic heterocycles. The Morgan fingerprint density at radius 1 is 1.18 bits per heavy atom. The molecular weight excluding hydrogens is 218 g/mol. The highest BCUT2D eigenvalue weighted by Gasteiger charge is 2.08. The van der Waals surface area contributed by atoms with Crippen LogP contribution in [-0.2, 0) is 0 Å². The standard InChI is InChI=1S/C11H13N5O/c1-7-3-4-9(5-13-7)17-11-8(2)10(16-12)14-6-15-11/h3-6H,12H2,1-2H3,(H,14,15,16). The number of hydrazine groups is 1. The van der Waals surface area contributed by atoms with Crippen LogP contribution in [-0.4, -0.2) is 15.0 Å². The summed E-state index contributed by atoms with van der Waals surface area (Å²) in [6.45, 7) is 3.74. The molecule has 6 heteroatoms. The molecule has 2 rings (SSSR count). The third-order valence-corrected chi connectivity index (χ3v) is 2.27. The molecule has 17 heavy (non-hydrogen) atoms. The van der Waals surface area contributed by atoms with E-state index < -0.39 is 0 Å². The molecule has 0 aromatic carbocycles. The number of hydrogen-bond donors (Lipinski definition) is 2. The highest BCUT2D eigenvalue weighted by molar-refractivity contribution is 5.47. The number of nitrogens with zero attached hydrogens (tertiary/aromatic N) is 3. The van der Waals surface area contributed by atoms with E-state index in [1.165, 1.54) is 6.33 Å². The van der Waals surface area contributed by atoms with Gasteiger partial charge in [-0.05, 0) is 26.0 Å². The number of ether oxygens (including phenoxy) is 1. The summed E-state index contributed by atoms with van der Waals surface area (Å²) >= 11 is 0. The summed E-state index contributed by atoms with van der Waals surface area (Å²) in [6.07, 6.45) is 3.03. The Labute approximate surface area is 98.9 Å². The van der Waals surface area contributed by atoms with Crippen molar-refractivity contribution in [3.63, 3.8) is 0 Å². The quantitative estimate of drug-likeness (QED) is 0.616. The normalized spacial score (nSPS) is 10.1. The van der Waals surface area contributed by atoms with Crippen molar-refractivity contribution in [3.05, 3.63) is 35.9 Å². The van der Waals surface area contributed by atoms with Crippen LogP contribution in [0.2, 0.25) is 0 Å². The first-order valence-electron chi connectivity index (χ1n) is 5.09. The molecule has 0 amide bonds. The van der Waals surface area contributed by atoms with Crippen LogP contribution in [0, 0.1) is 13.8 Å². The van der Waals surface area contributed by atoms with Crippen molar-refractivity contribution in [2.24, 2.45) is 5.84 Å². The number of aryl methyl sites for hydroxylation is 1. The number of aromatic nitrogens is 3. The van der Waals surface area contributed by atoms with Crippen LogP contribution in [0.1, 0.15) is 11.3 Å². The Bertz CT molecular complexity index is 512. The third kappa shape index (κ3) is 2.48. The van der Waals surface area contributed by atoms with E-state index in [-0.39, 0.29) is 0 Å². The number of pyridine rings is 1. The Morgan fingerprint density at radius 2 is 2.00 bits per heavy atom. The van der Waals surface area contributed by atoms with Gasteiger partial charge in [-0.15, -0.1) is 0 Å². The minimum Gasteiger partial charge on any atom is -0.437 e. The lowest BCUT2D eigenvalue weighted by Gasteiger charge is -2.09. The summed E-state index contributed by atoms with van der Waals surface area (Å²) in [5, 5.41) is 0. The first-order chi connectivity index (χ1) is 8.20. The number of nitrogen functional groups attached to an aromatic ring is 1. The maximum absolute atomic E-state index is 5.60. The molecule has 0 unspecified atom stereocenters. The zero-order valence-corrected chi connectivity index (χ0v) is 9.64. The summed E-state index contributed by atoms with van der Waals surface area (Å²) < 4.78 is 5.60. The minimum atomic E-state index is 0.457. The Balaban J connectivity index is 2.27. The van der Waals surface area contributed by atoms with E-state index in [0.717, 1.165) is 11.3 Å². The van der Waals surface area contributed by atoms with Crippen LogP contribution in [0.15, 0.2) is 24.7 Å². The van der Waals surface area contributed by atoms with Gasteiger partial charge in [0.2, 0.25) is 5.88 Å². The molecule has 0 bridgehead atoms. The van der Waals surface area contributed by atoms with Crippen molar-refractivity contribution in [1.82, 2.24) is 15.0 Å². The largest absolute Gasteiger partial charge is 0.437 e. The molecule has 2 aromatic rings. The van der Waals surface area contributed by atoms with Crippen LogP contribution in [0.4, 0.5) is 5.82 Å². The van der Waals surface area contributed by atoms with E-state index in [4.69, 9.17) is 10.6 Å². The first-order valence-corrected chi connectivity index (χ1v) is 5.09. The summed E-state index contributed by atoms with van der Waals surface area (Å²) in [6, 6.07) is 3.70. The highest BCUT2D eigenvalue weighted by Crippen LogP contribution is 2.24. The number of nitrogens with two attached hydrogens (primary N) is 1. The Kier molecular flexibility index (Phi) is 3.15. The number of hydrogen-bond acceptors (Lipinski definition) is 6. The van der Waals surface area contributed by atoms with E-state index in [1.807, 2.05) is 26.0 Å². The van der Waals surface area contributed by atoms with Crippen molar-refractivity contribution in [3.8, 4) is 11.6 Å². The molecule has 0 atom stereocenters. The molecule has 88 valence electrons. The molecule has 0 aliphatic heterocycles. The van der Waals surface area contributed by atoms with Crippen LogP contribution >= 0.6 is 0 Å². The maximum atomic E-state index is 5.60. The fourth-order valence-electron chi connectivity index (χ4n) is 1.31. The maximum Gasteiger partial charge on any atom is 0.227 e. The van der Waals surface area contributed by atoms with E-state index in [2.05, 4.69) is 20.4 Å². The molecule has 0 aliphatic rings. The minimum absolute atomic E-state index is 0.457. The smallest absolute Gasteiger partial charge is 0.227 e. The van der Waals surface area contributed by atoms with Gasteiger partial charge in [0.1, 0.15) is 17.9 Å². The monoisotopic (exact) mass is 231 g/mol. The van der Waals surface area contributed by atoms with Gasteiger partial charge in [-0.2, -0.15) is 0 Å². The lowest BCUT2D eigenvalue weighted by Crippen LogP contribution is -2.11. The molecule has 6 nitrogen and oxygen atoms in total. The lowest BCUT2D eigenvalue weighted by atomic mass is 10.3. The topological polar surface area (TPSA) is 86.0 Å². The van der Waals surface area contributed by atoms with Gasteiger partial charge in [-0.25, -0.2) is 15.8 Å². The Hall–Kier alpha value is -2.21. The van der Waals surface area contributed by atoms with E-state index in [1.54, 1.807) is 6.20 Å². The lowest BCUT2D eigenvalue weighted by molar-refractivity contribution is 0.455. The van der Waals surface area contributed by atoms with Gasteiger partial charge in [-0.1, -0.05) is 0 Å². The zero-order valence-electron chi connectivity index (χ0n) is 9.64. The molecule has 3 N–H and O–H groups in total. The predicted octanol–water partition coefficient (Wildman–Crippen LogP) is 1.57. The van der Waals surface area contributed by atoms with Gasteiger partial charge in [0.25, 0.3) is 0 Å². The van der Waals surface area contributed by atoms with Crippen LogP contribution in [0.3, 0.4) is 0 Å². The second kappa shape index (κ2) is 4.75. The van der Waals surface area contributed by atoms with Crippen molar-refractivity contribution in [2.75, 3.05) is 5.43 Å². The average molecular weight is 231 g/mol. The highest BCUT2D eigenvalue weighted by atomic mass is 16.5. The molecule has 0 aliphatic carbocycles. The summed E-state index contributed by atoms with van der Waals surface area (Å²) in [7, 11) is 0. The van der Waals surface area contributed by atoms with E-state index >= 15 is 0 Å². The molecular formula is C11H13N5O. The molecule has 2 heterocycles. The second-order valence-electron chi connectivity index (χ2n) is 3.53. The van der Waals surface area contributed by atoms with Gasteiger partial charge < -0.3 is 10.2 Å². The number of nitrogens with one attached hydrogen (secondary N) is 1. The Morgan fingerprint density at radius 3 is 2.65 bits per heavy atom. The van der Waals surface area contributed by atoms with Crippen molar-refractivity contribution in [2.45, 2.75) is 13.8 Å². The fraction of sp³-hybridized carbons (Fsp3) is 0.182. The third-order valence-electron chi connectivity index (χ3n) is 2.27. The summed E-state index contributed by atoms with van der Waals surface area (Å²) in [5.74, 6) is 6.94.